The highest BCUT2D eigenvalue weighted by Crippen LogP contribution is 2.18. The first-order chi connectivity index (χ1) is 8.58. The molecule has 0 spiro atoms. The van der Waals surface area contributed by atoms with E-state index in [1.54, 1.807) is 14.0 Å². The van der Waals surface area contributed by atoms with Crippen LogP contribution in [0.25, 0.3) is 0 Å². The van der Waals surface area contributed by atoms with Crippen molar-refractivity contribution < 1.29 is 14.3 Å². The Labute approximate surface area is 107 Å². The average molecular weight is 252 g/mol. The lowest BCUT2D eigenvalue weighted by atomic mass is 10.2. The molecule has 0 radical (unpaired) electrons. The molecule has 2 N–H and O–H groups in total. The van der Waals surface area contributed by atoms with Crippen molar-refractivity contribution in [1.29, 1.82) is 0 Å². The van der Waals surface area contributed by atoms with Gasteiger partial charge >= 0.3 is 5.97 Å². The Balaban J connectivity index is 2.58. The molecule has 0 fully saturated rings. The molecule has 1 unspecified atom stereocenters. The zero-order valence-corrected chi connectivity index (χ0v) is 11.1. The number of benzene rings is 1. The summed E-state index contributed by atoms with van der Waals surface area (Å²) in [4.78, 5) is 13.3. The molecule has 0 heterocycles. The van der Waals surface area contributed by atoms with Crippen molar-refractivity contribution in [2.24, 2.45) is 5.73 Å². The van der Waals surface area contributed by atoms with E-state index in [4.69, 9.17) is 15.2 Å². The van der Waals surface area contributed by atoms with Gasteiger partial charge in [-0.15, -0.1) is 0 Å². The van der Waals surface area contributed by atoms with Gasteiger partial charge in [0, 0.05) is 19.3 Å². The van der Waals surface area contributed by atoms with Crippen LogP contribution >= 0.6 is 0 Å². The maximum atomic E-state index is 11.4. The number of nitrogens with zero attached hydrogens (tertiary/aromatic N) is 1. The Morgan fingerprint density at radius 3 is 2.50 bits per heavy atom. The molecule has 0 aromatic heterocycles. The standard InChI is InChI=1S/C13H20N2O3/c1-4-18-13(16)12(14)9-15(2)10-5-7-11(17-3)8-6-10/h5-8,12H,4,9,14H2,1-3H3. The van der Waals surface area contributed by atoms with E-state index in [9.17, 15) is 4.79 Å². The monoisotopic (exact) mass is 252 g/mol. The first-order valence-electron chi connectivity index (χ1n) is 5.86. The smallest absolute Gasteiger partial charge is 0.324 e. The predicted molar refractivity (Wildman–Crippen MR) is 70.9 cm³/mol. The van der Waals surface area contributed by atoms with Crippen LogP contribution in [-0.4, -0.2) is 39.3 Å². The van der Waals surface area contributed by atoms with Gasteiger partial charge in [0.2, 0.25) is 0 Å². The summed E-state index contributed by atoms with van der Waals surface area (Å²) in [5.41, 5.74) is 6.72. The van der Waals surface area contributed by atoms with Crippen LogP contribution in [0.2, 0.25) is 0 Å². The Hall–Kier alpha value is -1.75. The van der Waals surface area contributed by atoms with Crippen molar-refractivity contribution in [3.8, 4) is 5.75 Å². The highest BCUT2D eigenvalue weighted by atomic mass is 16.5. The molecule has 0 saturated heterocycles. The number of nitrogens with two attached hydrogens (primary N) is 1. The van der Waals surface area contributed by atoms with Gasteiger partial charge in [0.1, 0.15) is 11.8 Å². The SMILES string of the molecule is CCOC(=O)C(N)CN(C)c1ccc(OC)cc1. The van der Waals surface area contributed by atoms with Crippen LogP contribution in [0.4, 0.5) is 5.69 Å². The fraction of sp³-hybridized carbons (Fsp3) is 0.462. The highest BCUT2D eigenvalue weighted by Gasteiger charge is 2.16. The zero-order chi connectivity index (χ0) is 13.5. The number of likely N-dealkylation sites (N-methyl/N-ethyl adjacent to an activating group) is 1. The molecule has 100 valence electrons. The molecule has 5 nitrogen and oxygen atoms in total. The van der Waals surface area contributed by atoms with Crippen molar-refractivity contribution in [2.75, 3.05) is 32.2 Å². The van der Waals surface area contributed by atoms with Gasteiger partial charge in [-0.25, -0.2) is 0 Å². The second-order valence-corrected chi connectivity index (χ2v) is 3.94. The Kier molecular flexibility index (Phi) is 5.45. The zero-order valence-electron chi connectivity index (χ0n) is 11.1. The van der Waals surface area contributed by atoms with Gasteiger partial charge < -0.3 is 20.1 Å². The number of methoxy groups -OCH3 is 1. The number of rotatable bonds is 6. The molecule has 1 aromatic rings. The van der Waals surface area contributed by atoms with E-state index in [0.29, 0.717) is 13.2 Å². The minimum Gasteiger partial charge on any atom is -0.497 e. The Bertz CT molecular complexity index is 378. The van der Waals surface area contributed by atoms with E-state index in [0.717, 1.165) is 11.4 Å². The highest BCUT2D eigenvalue weighted by molar-refractivity contribution is 5.76. The van der Waals surface area contributed by atoms with Crippen LogP contribution in [0, 0.1) is 0 Å². The van der Waals surface area contributed by atoms with Gasteiger partial charge in [-0.05, 0) is 31.2 Å². The summed E-state index contributed by atoms with van der Waals surface area (Å²) in [6.45, 7) is 2.52. The summed E-state index contributed by atoms with van der Waals surface area (Å²) in [5, 5.41) is 0. The lowest BCUT2D eigenvalue weighted by Gasteiger charge is -2.22. The summed E-state index contributed by atoms with van der Waals surface area (Å²) >= 11 is 0. The summed E-state index contributed by atoms with van der Waals surface area (Å²) in [6, 6.07) is 6.91. The van der Waals surface area contributed by atoms with Gasteiger partial charge in [-0.3, -0.25) is 4.79 Å². The third-order valence-corrected chi connectivity index (χ3v) is 2.57. The summed E-state index contributed by atoms with van der Waals surface area (Å²) in [6.07, 6.45) is 0. The largest absolute Gasteiger partial charge is 0.497 e. The Morgan fingerprint density at radius 2 is 2.00 bits per heavy atom. The summed E-state index contributed by atoms with van der Waals surface area (Å²) in [7, 11) is 3.50. The second-order valence-electron chi connectivity index (χ2n) is 3.94. The fourth-order valence-electron chi connectivity index (χ4n) is 1.56. The van der Waals surface area contributed by atoms with Crippen molar-refractivity contribution in [1.82, 2.24) is 0 Å². The molecule has 1 rings (SSSR count). The van der Waals surface area contributed by atoms with E-state index in [1.807, 2.05) is 36.2 Å². The molecule has 0 aliphatic carbocycles. The minimum absolute atomic E-state index is 0.346. The van der Waals surface area contributed by atoms with E-state index >= 15 is 0 Å². The average Bonchev–Trinajstić information content (AvgIpc) is 2.39. The lowest BCUT2D eigenvalue weighted by Crippen LogP contribution is -2.42. The van der Waals surface area contributed by atoms with Gasteiger partial charge in [0.15, 0.2) is 0 Å². The molecular weight excluding hydrogens is 232 g/mol. The predicted octanol–water partition coefficient (Wildman–Crippen LogP) is 1.02. The van der Waals surface area contributed by atoms with Crippen LogP contribution in [0.3, 0.4) is 0 Å². The number of ether oxygens (including phenoxy) is 2. The number of esters is 1. The fourth-order valence-corrected chi connectivity index (χ4v) is 1.56. The summed E-state index contributed by atoms with van der Waals surface area (Å²) < 4.78 is 9.95. The quantitative estimate of drug-likeness (QED) is 0.766. The van der Waals surface area contributed by atoms with Crippen LogP contribution in [0.15, 0.2) is 24.3 Å². The van der Waals surface area contributed by atoms with Crippen molar-refractivity contribution in [3.63, 3.8) is 0 Å². The number of anilines is 1. The number of carbonyl (C=O) groups excluding carboxylic acids is 1. The lowest BCUT2D eigenvalue weighted by molar-refractivity contribution is -0.144. The molecule has 18 heavy (non-hydrogen) atoms. The molecule has 1 atom stereocenters. The van der Waals surface area contributed by atoms with Crippen molar-refractivity contribution in [2.45, 2.75) is 13.0 Å². The number of hydrogen-bond acceptors (Lipinski definition) is 5. The van der Waals surface area contributed by atoms with Gasteiger partial charge in [0.05, 0.1) is 13.7 Å². The van der Waals surface area contributed by atoms with E-state index in [-0.39, 0.29) is 5.97 Å². The third kappa shape index (κ3) is 3.92. The second kappa shape index (κ2) is 6.86. The molecule has 1 aromatic carbocycles. The van der Waals surface area contributed by atoms with E-state index < -0.39 is 6.04 Å². The van der Waals surface area contributed by atoms with Gasteiger partial charge in [-0.2, -0.15) is 0 Å². The van der Waals surface area contributed by atoms with Crippen LogP contribution < -0.4 is 15.4 Å². The number of carbonyl (C=O) groups is 1. The summed E-state index contributed by atoms with van der Waals surface area (Å²) in [5.74, 6) is 0.416. The van der Waals surface area contributed by atoms with Gasteiger partial charge in [-0.1, -0.05) is 0 Å². The van der Waals surface area contributed by atoms with Crippen molar-refractivity contribution in [3.05, 3.63) is 24.3 Å². The van der Waals surface area contributed by atoms with Crippen LogP contribution in [0.5, 0.6) is 5.75 Å². The van der Waals surface area contributed by atoms with Crippen molar-refractivity contribution >= 4 is 11.7 Å². The first-order valence-corrected chi connectivity index (χ1v) is 5.86. The molecule has 0 aliphatic heterocycles. The maximum Gasteiger partial charge on any atom is 0.324 e. The first kappa shape index (κ1) is 14.3. The Morgan fingerprint density at radius 1 is 1.39 bits per heavy atom. The van der Waals surface area contributed by atoms with Crippen LogP contribution in [0.1, 0.15) is 6.92 Å². The molecule has 0 saturated carbocycles. The van der Waals surface area contributed by atoms with E-state index in [2.05, 4.69) is 0 Å². The number of hydrogen-bond donors (Lipinski definition) is 1. The normalized spacial score (nSPS) is 11.8. The van der Waals surface area contributed by atoms with E-state index in [1.165, 1.54) is 0 Å². The molecule has 0 bridgehead atoms. The van der Waals surface area contributed by atoms with Gasteiger partial charge in [0.25, 0.3) is 0 Å². The minimum atomic E-state index is -0.642. The molecule has 5 heteroatoms. The topological polar surface area (TPSA) is 64.8 Å². The molecule has 0 aliphatic rings. The molecule has 0 amide bonds. The van der Waals surface area contributed by atoms with Crippen LogP contribution in [-0.2, 0) is 9.53 Å². The maximum absolute atomic E-state index is 11.4. The molecular formula is C13H20N2O3. The third-order valence-electron chi connectivity index (χ3n) is 2.57.